The summed E-state index contributed by atoms with van der Waals surface area (Å²) in [5.41, 5.74) is 5.06. The van der Waals surface area contributed by atoms with Crippen LogP contribution in [0, 0.1) is 0 Å². The number of nitrogens with one attached hydrogen (secondary N) is 1. The van der Waals surface area contributed by atoms with E-state index < -0.39 is 0 Å². The van der Waals surface area contributed by atoms with Crippen molar-refractivity contribution >= 4 is 11.6 Å². The Morgan fingerprint density at radius 3 is 1.17 bits per heavy atom. The first-order valence-corrected chi connectivity index (χ1v) is 15.2. The zero-order valence-corrected chi connectivity index (χ0v) is 25.3. The van der Waals surface area contributed by atoms with Gasteiger partial charge in [-0.15, -0.1) is 11.6 Å². The van der Waals surface area contributed by atoms with Crippen LogP contribution in [0.2, 0.25) is 0 Å². The number of rotatable bonds is 5. The number of halogens is 1. The van der Waals surface area contributed by atoms with Gasteiger partial charge in [0, 0.05) is 52.4 Å². The number of hydrogen-bond donors (Lipinski definition) is 1. The molecule has 4 aromatic rings. The van der Waals surface area contributed by atoms with Crippen LogP contribution in [0.1, 0.15) is 33.7 Å². The van der Waals surface area contributed by atoms with Crippen molar-refractivity contribution in [2.45, 2.75) is 11.4 Å². The molecule has 2 aliphatic heterocycles. The van der Waals surface area contributed by atoms with Crippen LogP contribution in [0.25, 0.3) is 0 Å². The Morgan fingerprint density at radius 1 is 0.488 bits per heavy atom. The fraction of sp³-hybridized carbons (Fsp3) is 0.333. The monoisotopic (exact) mass is 568 g/mol. The second kappa shape index (κ2) is 17.1. The third kappa shape index (κ3) is 10.1. The van der Waals surface area contributed by atoms with Gasteiger partial charge < -0.3 is 15.1 Å². The minimum absolute atomic E-state index is 0.0441. The molecule has 0 unspecified atom stereocenters. The van der Waals surface area contributed by atoms with Gasteiger partial charge in [-0.3, -0.25) is 4.90 Å². The highest BCUT2D eigenvalue weighted by molar-refractivity contribution is 6.22. The molecule has 2 aliphatic rings. The topological polar surface area (TPSA) is 21.8 Å². The lowest BCUT2D eigenvalue weighted by Gasteiger charge is -2.38. The smallest absolute Gasteiger partial charge is 0.0835 e. The summed E-state index contributed by atoms with van der Waals surface area (Å²) >= 11 is 6.33. The summed E-state index contributed by atoms with van der Waals surface area (Å²) in [6.45, 7) is 9.30. The van der Waals surface area contributed by atoms with E-state index in [9.17, 15) is 0 Å². The van der Waals surface area contributed by atoms with E-state index in [0.717, 1.165) is 50.4 Å². The van der Waals surface area contributed by atoms with Gasteiger partial charge >= 0.3 is 0 Å². The van der Waals surface area contributed by atoms with Crippen LogP contribution in [0.3, 0.4) is 0 Å². The van der Waals surface area contributed by atoms with Gasteiger partial charge in [0.25, 0.3) is 0 Å². The van der Waals surface area contributed by atoms with Crippen molar-refractivity contribution in [3.8, 4) is 0 Å². The van der Waals surface area contributed by atoms with E-state index in [1.807, 2.05) is 60.7 Å². The average Bonchev–Trinajstić information content (AvgIpc) is 3.05. The summed E-state index contributed by atoms with van der Waals surface area (Å²) in [5.74, 6) is 0. The number of benzene rings is 4. The fourth-order valence-electron chi connectivity index (χ4n) is 5.18. The molecule has 41 heavy (non-hydrogen) atoms. The molecule has 2 fully saturated rings. The largest absolute Gasteiger partial charge is 0.314 e. The minimum Gasteiger partial charge on any atom is -0.314 e. The maximum atomic E-state index is 6.33. The Balaban J connectivity index is 0.000000159. The number of piperazine rings is 2. The average molecular weight is 569 g/mol. The molecule has 4 aromatic carbocycles. The lowest BCUT2D eigenvalue weighted by atomic mass is 9.96. The molecule has 0 bridgehead atoms. The molecule has 1 N–H and O–H groups in total. The molecular weight excluding hydrogens is 524 g/mol. The van der Waals surface area contributed by atoms with Gasteiger partial charge in [-0.2, -0.15) is 0 Å². The molecule has 0 aliphatic carbocycles. The van der Waals surface area contributed by atoms with E-state index in [-0.39, 0.29) is 5.38 Å². The third-order valence-corrected chi connectivity index (χ3v) is 8.16. The number of likely N-dealkylation sites (N-methyl/N-ethyl adjacent to an activating group) is 2. The molecule has 0 aromatic heterocycles. The van der Waals surface area contributed by atoms with Crippen LogP contribution in [0.5, 0.6) is 0 Å². The van der Waals surface area contributed by atoms with E-state index in [1.165, 1.54) is 24.2 Å². The van der Waals surface area contributed by atoms with Crippen molar-refractivity contribution in [1.82, 2.24) is 20.0 Å². The van der Waals surface area contributed by atoms with Crippen LogP contribution < -0.4 is 5.32 Å². The lowest BCUT2D eigenvalue weighted by Crippen LogP contribution is -2.46. The van der Waals surface area contributed by atoms with Gasteiger partial charge in [0.2, 0.25) is 0 Å². The summed E-state index contributed by atoms with van der Waals surface area (Å²) in [4.78, 5) is 7.34. The summed E-state index contributed by atoms with van der Waals surface area (Å²) < 4.78 is 0. The van der Waals surface area contributed by atoms with Crippen LogP contribution >= 0.6 is 11.6 Å². The van der Waals surface area contributed by atoms with Crippen molar-refractivity contribution in [2.24, 2.45) is 0 Å². The number of alkyl halides is 1. The Hall–Kier alpha value is -2.99. The van der Waals surface area contributed by atoms with Gasteiger partial charge in [0.05, 0.1) is 11.4 Å². The van der Waals surface area contributed by atoms with Crippen LogP contribution in [0.4, 0.5) is 0 Å². The van der Waals surface area contributed by atoms with Gasteiger partial charge in [-0.25, -0.2) is 0 Å². The highest BCUT2D eigenvalue weighted by Crippen LogP contribution is 2.29. The van der Waals surface area contributed by atoms with E-state index in [4.69, 9.17) is 11.6 Å². The molecule has 0 spiro atoms. The Labute approximate surface area is 252 Å². The van der Waals surface area contributed by atoms with Crippen LogP contribution in [-0.4, -0.2) is 81.2 Å². The van der Waals surface area contributed by atoms with Crippen molar-refractivity contribution in [3.05, 3.63) is 144 Å². The Kier molecular flexibility index (Phi) is 12.9. The SMILES string of the molecule is CN1CCN(C(c2ccccc2)c2ccccc2)CC1.CN1CCNCC1.ClC(c1ccccc1)c1ccccc1. The molecule has 0 saturated carbocycles. The molecule has 0 amide bonds. The number of hydrogen-bond acceptors (Lipinski definition) is 4. The van der Waals surface area contributed by atoms with Crippen LogP contribution in [-0.2, 0) is 0 Å². The number of nitrogens with zero attached hydrogens (tertiary/aromatic N) is 3. The molecule has 6 rings (SSSR count). The van der Waals surface area contributed by atoms with Crippen molar-refractivity contribution in [3.63, 3.8) is 0 Å². The predicted molar refractivity (Wildman–Crippen MR) is 175 cm³/mol. The van der Waals surface area contributed by atoms with E-state index >= 15 is 0 Å². The van der Waals surface area contributed by atoms with Crippen molar-refractivity contribution in [1.29, 1.82) is 0 Å². The summed E-state index contributed by atoms with van der Waals surface area (Å²) in [5, 5.41) is 3.23. The fourth-order valence-corrected chi connectivity index (χ4v) is 5.47. The molecule has 2 saturated heterocycles. The Bertz CT molecular complexity index is 1130. The second-order valence-electron chi connectivity index (χ2n) is 10.8. The quantitative estimate of drug-likeness (QED) is 0.275. The third-order valence-electron chi connectivity index (χ3n) is 7.66. The molecule has 216 valence electrons. The summed E-state index contributed by atoms with van der Waals surface area (Å²) in [6, 6.07) is 42.3. The van der Waals surface area contributed by atoms with Gasteiger partial charge in [0.15, 0.2) is 0 Å². The maximum Gasteiger partial charge on any atom is 0.0835 e. The standard InChI is InChI=1S/C18H22N2.C13H11Cl.C5H12N2/c1-19-12-14-20(15-13-19)18(16-8-4-2-5-9-16)17-10-6-3-7-11-17;14-13(11-7-3-1-4-8-11)12-9-5-2-6-10-12;1-7-4-2-6-3-5-7/h2-11,18H,12-15H2,1H3;1-10,13H;6H,2-5H2,1H3. The minimum atomic E-state index is -0.0441. The van der Waals surface area contributed by atoms with E-state index in [2.05, 4.69) is 94.8 Å². The van der Waals surface area contributed by atoms with E-state index in [1.54, 1.807) is 0 Å². The molecular formula is C36H45ClN4. The van der Waals surface area contributed by atoms with Gasteiger partial charge in [-0.05, 0) is 36.3 Å². The summed E-state index contributed by atoms with van der Waals surface area (Å²) in [7, 11) is 4.36. The maximum absolute atomic E-state index is 6.33. The van der Waals surface area contributed by atoms with Crippen LogP contribution in [0.15, 0.2) is 121 Å². The first-order valence-electron chi connectivity index (χ1n) is 14.8. The highest BCUT2D eigenvalue weighted by atomic mass is 35.5. The zero-order valence-electron chi connectivity index (χ0n) is 24.6. The molecule has 0 atom stereocenters. The molecule has 4 nitrogen and oxygen atoms in total. The Morgan fingerprint density at radius 2 is 0.829 bits per heavy atom. The van der Waals surface area contributed by atoms with Crippen molar-refractivity contribution < 1.29 is 0 Å². The zero-order chi connectivity index (χ0) is 28.7. The summed E-state index contributed by atoms with van der Waals surface area (Å²) in [6.07, 6.45) is 0. The first kappa shape index (κ1) is 31.0. The molecule has 2 heterocycles. The molecule has 0 radical (unpaired) electrons. The van der Waals surface area contributed by atoms with Gasteiger partial charge in [0.1, 0.15) is 0 Å². The predicted octanol–water partition coefficient (Wildman–Crippen LogP) is 6.56. The van der Waals surface area contributed by atoms with Crippen molar-refractivity contribution in [2.75, 3.05) is 66.5 Å². The lowest BCUT2D eigenvalue weighted by molar-refractivity contribution is 0.127. The first-order chi connectivity index (χ1) is 20.1. The molecule has 5 heteroatoms. The normalized spacial score (nSPS) is 16.4. The second-order valence-corrected chi connectivity index (χ2v) is 11.2. The van der Waals surface area contributed by atoms with E-state index in [0.29, 0.717) is 6.04 Å². The van der Waals surface area contributed by atoms with Gasteiger partial charge in [-0.1, -0.05) is 121 Å². The highest BCUT2D eigenvalue weighted by Gasteiger charge is 2.24.